The van der Waals surface area contributed by atoms with Crippen LogP contribution in [0.25, 0.3) is 11.3 Å². The van der Waals surface area contributed by atoms with Gasteiger partial charge in [0.2, 0.25) is 5.69 Å². The van der Waals surface area contributed by atoms with E-state index in [0.717, 1.165) is 16.8 Å². The monoisotopic (exact) mass is 246 g/mol. The van der Waals surface area contributed by atoms with Crippen LogP contribution < -0.4 is 4.57 Å². The summed E-state index contributed by atoms with van der Waals surface area (Å²) in [5.74, 6) is 0. The van der Waals surface area contributed by atoms with Crippen LogP contribution in [0.4, 0.5) is 0 Å². The third-order valence-electron chi connectivity index (χ3n) is 3.48. The lowest BCUT2D eigenvalue weighted by molar-refractivity contribution is -0.667. The maximum absolute atomic E-state index is 7.72. The number of aromatic nitrogens is 1. The second kappa shape index (κ2) is 4.56. The van der Waals surface area contributed by atoms with E-state index in [0.29, 0.717) is 22.4 Å². The Bertz CT molecular complexity index is 787. The molecule has 1 aromatic heterocycles. The van der Waals surface area contributed by atoms with Crippen molar-refractivity contribution in [2.24, 2.45) is 7.05 Å². The molecule has 2 rings (SSSR count). The van der Waals surface area contributed by atoms with Crippen LogP contribution in [0.15, 0.2) is 24.3 Å². The normalized spacial score (nSPS) is 17.1. The third kappa shape index (κ3) is 2.05. The SMILES string of the molecule is [2H]C([2H])([2H])c1ccc(-c2cc(C)c(C([2H])([2H])[2H])c(C)[n+]2C)c(C)c1. The van der Waals surface area contributed by atoms with Crippen LogP contribution >= 0.6 is 0 Å². The molecule has 1 heterocycles. The molecule has 94 valence electrons. The van der Waals surface area contributed by atoms with Crippen LogP contribution in [-0.4, -0.2) is 0 Å². The predicted octanol–water partition coefficient (Wildman–Crippen LogP) is 3.72. The molecule has 0 N–H and O–H groups in total. The molecule has 0 amide bonds. The van der Waals surface area contributed by atoms with Crippen LogP contribution in [-0.2, 0) is 7.05 Å². The van der Waals surface area contributed by atoms with Crippen LogP contribution in [0.1, 0.15) is 36.2 Å². The summed E-state index contributed by atoms with van der Waals surface area (Å²) in [7, 11) is 1.83. The zero-order valence-corrected chi connectivity index (χ0v) is 11.3. The second-order valence-corrected chi connectivity index (χ2v) is 4.76. The van der Waals surface area contributed by atoms with E-state index in [4.69, 9.17) is 8.22 Å². The largest absolute Gasteiger partial charge is 0.212 e. The number of rotatable bonds is 1. The van der Waals surface area contributed by atoms with E-state index < -0.39 is 13.7 Å². The van der Waals surface area contributed by atoms with E-state index in [1.165, 1.54) is 0 Å². The van der Waals surface area contributed by atoms with Gasteiger partial charge in [-0.3, -0.25) is 0 Å². The van der Waals surface area contributed by atoms with Crippen LogP contribution in [0.2, 0.25) is 0 Å². The number of pyridine rings is 1. The lowest BCUT2D eigenvalue weighted by Gasteiger charge is -2.10. The van der Waals surface area contributed by atoms with Gasteiger partial charge in [-0.05, 0) is 44.7 Å². The number of hydrogen-bond acceptors (Lipinski definition) is 0. The molecule has 1 aromatic carbocycles. The number of hydrogen-bond donors (Lipinski definition) is 0. The lowest BCUT2D eigenvalue weighted by Crippen LogP contribution is -2.36. The highest BCUT2D eigenvalue weighted by molar-refractivity contribution is 5.62. The summed E-state index contributed by atoms with van der Waals surface area (Å²) in [6.45, 7) is 1.16. The zero-order chi connectivity index (χ0) is 18.4. The van der Waals surface area contributed by atoms with Gasteiger partial charge in [-0.2, -0.15) is 4.57 Å². The van der Waals surface area contributed by atoms with Gasteiger partial charge in [-0.25, -0.2) is 0 Å². The molecule has 1 nitrogen and oxygen atoms in total. The predicted molar refractivity (Wildman–Crippen MR) is 76.7 cm³/mol. The molecule has 0 atom stereocenters. The fourth-order valence-electron chi connectivity index (χ4n) is 2.22. The molecule has 0 aliphatic carbocycles. The van der Waals surface area contributed by atoms with Crippen molar-refractivity contribution in [3.63, 3.8) is 0 Å². The van der Waals surface area contributed by atoms with Gasteiger partial charge in [0.05, 0.1) is 0 Å². The Kier molecular flexibility index (Phi) is 1.80. The fraction of sp³-hybridized carbons (Fsp3) is 0.353. The van der Waals surface area contributed by atoms with Crippen molar-refractivity contribution in [2.45, 2.75) is 34.5 Å². The molecule has 0 aliphatic heterocycles. The van der Waals surface area contributed by atoms with Crippen LogP contribution in [0.5, 0.6) is 0 Å². The van der Waals surface area contributed by atoms with E-state index in [1.807, 2.05) is 24.6 Å². The molecule has 0 aliphatic rings. The highest BCUT2D eigenvalue weighted by Crippen LogP contribution is 2.24. The van der Waals surface area contributed by atoms with Crippen molar-refractivity contribution in [2.75, 3.05) is 0 Å². The summed E-state index contributed by atoms with van der Waals surface area (Å²) in [4.78, 5) is 0. The van der Waals surface area contributed by atoms with Crippen molar-refractivity contribution in [1.29, 1.82) is 0 Å². The van der Waals surface area contributed by atoms with Gasteiger partial charge in [0.1, 0.15) is 7.05 Å². The maximum atomic E-state index is 7.72. The van der Waals surface area contributed by atoms with Crippen LogP contribution in [0.3, 0.4) is 0 Å². The molecule has 0 radical (unpaired) electrons. The molecular formula is C17H22N+. The Morgan fingerprint density at radius 2 is 1.78 bits per heavy atom. The van der Waals surface area contributed by atoms with Gasteiger partial charge in [-0.1, -0.05) is 17.7 Å². The van der Waals surface area contributed by atoms with Crippen molar-refractivity contribution in [3.8, 4) is 11.3 Å². The minimum absolute atomic E-state index is 0.305. The first-order chi connectivity index (χ1) is 10.8. The van der Waals surface area contributed by atoms with Crippen molar-refractivity contribution < 1.29 is 12.8 Å². The van der Waals surface area contributed by atoms with E-state index in [1.54, 1.807) is 32.0 Å². The van der Waals surface area contributed by atoms with Gasteiger partial charge in [-0.15, -0.1) is 0 Å². The summed E-state index contributed by atoms with van der Waals surface area (Å²) in [5.41, 5.74) is 4.68. The smallest absolute Gasteiger partial charge is 0.198 e. The van der Waals surface area contributed by atoms with Gasteiger partial charge in [0, 0.05) is 32.3 Å². The molecule has 18 heavy (non-hydrogen) atoms. The number of aryl methyl sites for hydroxylation is 3. The zero-order valence-electron chi connectivity index (χ0n) is 17.3. The van der Waals surface area contributed by atoms with Crippen molar-refractivity contribution in [3.05, 3.63) is 52.2 Å². The quantitative estimate of drug-likeness (QED) is 0.675. The molecule has 1 heteroatoms. The Morgan fingerprint density at radius 1 is 1.00 bits per heavy atom. The molecule has 2 aromatic rings. The first kappa shape index (κ1) is 7.08. The molecular weight excluding hydrogens is 218 g/mol. The molecule has 0 bridgehead atoms. The van der Waals surface area contributed by atoms with E-state index in [2.05, 4.69) is 0 Å². The third-order valence-corrected chi connectivity index (χ3v) is 3.48. The summed E-state index contributed by atoms with van der Waals surface area (Å²) in [6, 6.07) is 6.93. The second-order valence-electron chi connectivity index (χ2n) is 4.76. The Balaban J connectivity index is 2.67. The minimum Gasteiger partial charge on any atom is -0.198 e. The Labute approximate surface area is 119 Å². The highest BCUT2D eigenvalue weighted by atomic mass is 14.9. The average Bonchev–Trinajstić information content (AvgIpc) is 2.40. The summed E-state index contributed by atoms with van der Waals surface area (Å²) in [5, 5.41) is 0. The standard InChI is InChI=1S/C17H22N/c1-11-7-8-16(13(3)9-11)17-10-12(2)14(4)15(5)18(17)6/h7-10H,1-6H3/q+1/i1D3,4D3. The molecule has 0 spiro atoms. The van der Waals surface area contributed by atoms with E-state index in [-0.39, 0.29) is 0 Å². The van der Waals surface area contributed by atoms with E-state index in [9.17, 15) is 0 Å². The minimum atomic E-state index is -2.16. The Morgan fingerprint density at radius 3 is 2.39 bits per heavy atom. The van der Waals surface area contributed by atoms with Crippen molar-refractivity contribution >= 4 is 0 Å². The molecule has 0 saturated heterocycles. The lowest BCUT2D eigenvalue weighted by atomic mass is 9.99. The van der Waals surface area contributed by atoms with Gasteiger partial charge < -0.3 is 0 Å². The molecule has 0 fully saturated rings. The summed E-state index contributed by atoms with van der Waals surface area (Å²) >= 11 is 0. The average molecular weight is 246 g/mol. The Hall–Kier alpha value is -1.63. The first-order valence-electron chi connectivity index (χ1n) is 8.96. The fourth-order valence-corrected chi connectivity index (χ4v) is 2.22. The van der Waals surface area contributed by atoms with Crippen molar-refractivity contribution in [1.82, 2.24) is 0 Å². The highest BCUT2D eigenvalue weighted by Gasteiger charge is 2.17. The van der Waals surface area contributed by atoms with Crippen LogP contribution in [0, 0.1) is 34.5 Å². The number of benzene rings is 1. The van der Waals surface area contributed by atoms with Gasteiger partial charge >= 0.3 is 0 Å². The van der Waals surface area contributed by atoms with Gasteiger partial charge in [0.15, 0.2) is 5.69 Å². The van der Waals surface area contributed by atoms with Gasteiger partial charge in [0.25, 0.3) is 0 Å². The maximum Gasteiger partial charge on any atom is 0.212 e. The number of nitrogens with zero attached hydrogens (tertiary/aromatic N) is 1. The molecule has 0 saturated carbocycles. The topological polar surface area (TPSA) is 3.88 Å². The summed E-state index contributed by atoms with van der Waals surface area (Å²) in [6.07, 6.45) is 0. The van der Waals surface area contributed by atoms with E-state index >= 15 is 0 Å². The molecule has 0 unspecified atom stereocenters. The first-order valence-corrected chi connectivity index (χ1v) is 5.96. The summed E-state index contributed by atoms with van der Waals surface area (Å²) < 4.78 is 47.6.